The minimum absolute atomic E-state index is 0.458. The topological polar surface area (TPSA) is 39.8 Å². The smallest absolute Gasteiger partial charge is 0.0628 e. The summed E-state index contributed by atoms with van der Waals surface area (Å²) < 4.78 is 0. The molecule has 1 aromatic carbocycles. The molecule has 0 unspecified atom stereocenters. The number of rotatable bonds is 5. The van der Waals surface area contributed by atoms with Gasteiger partial charge >= 0.3 is 0 Å². The van der Waals surface area contributed by atoms with Crippen LogP contribution in [-0.4, -0.2) is 25.1 Å². The summed E-state index contributed by atoms with van der Waals surface area (Å²) in [5.41, 5.74) is 4.19. The monoisotopic (exact) mass is 257 g/mol. The van der Waals surface area contributed by atoms with Crippen LogP contribution in [0.1, 0.15) is 25.0 Å². The molecule has 0 amide bonds. The zero-order valence-electron chi connectivity index (χ0n) is 11.8. The fourth-order valence-corrected chi connectivity index (χ4v) is 3.25. The second-order valence-corrected chi connectivity index (χ2v) is 5.91. The summed E-state index contributed by atoms with van der Waals surface area (Å²) in [6.45, 7) is 4.33. The average Bonchev–Trinajstić information content (AvgIpc) is 2.68. The first-order valence-corrected chi connectivity index (χ1v) is 7.20. The summed E-state index contributed by atoms with van der Waals surface area (Å²) in [6, 6.07) is 8.51. The van der Waals surface area contributed by atoms with Crippen molar-refractivity contribution in [1.29, 1.82) is 0 Å². The molecule has 3 heteroatoms. The number of benzene rings is 1. The van der Waals surface area contributed by atoms with Crippen LogP contribution in [0.2, 0.25) is 0 Å². The van der Waals surface area contributed by atoms with E-state index < -0.39 is 0 Å². The number of hydrogen-bond acceptors (Lipinski definition) is 2. The van der Waals surface area contributed by atoms with Crippen molar-refractivity contribution in [3.8, 4) is 0 Å². The van der Waals surface area contributed by atoms with Gasteiger partial charge in [0.25, 0.3) is 0 Å². The van der Waals surface area contributed by atoms with Gasteiger partial charge in [-0.3, -0.25) is 0 Å². The van der Waals surface area contributed by atoms with E-state index in [2.05, 4.69) is 53.9 Å². The van der Waals surface area contributed by atoms with Crippen LogP contribution in [0.4, 0.5) is 5.69 Å². The van der Waals surface area contributed by atoms with E-state index in [1.807, 2.05) is 0 Å². The Bertz CT molecular complexity index is 566. The molecule has 3 rings (SSSR count). The molecule has 2 aromatic rings. The SMILES string of the molecule is CNCC1(CNc2c(C)[nH]c3ccccc23)CCC1. The minimum atomic E-state index is 0.458. The van der Waals surface area contributed by atoms with E-state index in [0.717, 1.165) is 13.1 Å². The number of nitrogens with one attached hydrogen (secondary N) is 3. The Balaban J connectivity index is 1.80. The molecule has 1 saturated carbocycles. The normalized spacial score (nSPS) is 17.4. The van der Waals surface area contributed by atoms with Crippen LogP contribution in [0.5, 0.6) is 0 Å². The summed E-state index contributed by atoms with van der Waals surface area (Å²) in [5, 5.41) is 8.34. The Labute approximate surface area is 114 Å². The number of hydrogen-bond donors (Lipinski definition) is 3. The van der Waals surface area contributed by atoms with Crippen molar-refractivity contribution < 1.29 is 0 Å². The molecule has 0 radical (unpaired) electrons. The van der Waals surface area contributed by atoms with Crippen molar-refractivity contribution in [2.24, 2.45) is 5.41 Å². The molecule has 0 atom stereocenters. The van der Waals surface area contributed by atoms with Crippen LogP contribution in [0.15, 0.2) is 24.3 Å². The number of anilines is 1. The zero-order chi connectivity index (χ0) is 13.3. The fraction of sp³-hybridized carbons (Fsp3) is 0.500. The molecule has 0 saturated heterocycles. The van der Waals surface area contributed by atoms with E-state index in [-0.39, 0.29) is 0 Å². The maximum atomic E-state index is 3.69. The van der Waals surface area contributed by atoms with Gasteiger partial charge in [-0.2, -0.15) is 0 Å². The van der Waals surface area contributed by atoms with Gasteiger partial charge in [-0.05, 0) is 32.9 Å². The van der Waals surface area contributed by atoms with E-state index in [4.69, 9.17) is 0 Å². The second-order valence-electron chi connectivity index (χ2n) is 5.91. The molecule has 3 nitrogen and oxygen atoms in total. The van der Waals surface area contributed by atoms with E-state index in [1.54, 1.807) is 0 Å². The molecule has 3 N–H and O–H groups in total. The van der Waals surface area contributed by atoms with Crippen LogP contribution < -0.4 is 10.6 Å². The lowest BCUT2D eigenvalue weighted by molar-refractivity contribution is 0.151. The third kappa shape index (κ3) is 2.23. The first-order chi connectivity index (χ1) is 9.24. The van der Waals surface area contributed by atoms with E-state index in [9.17, 15) is 0 Å². The Kier molecular flexibility index (Phi) is 3.23. The first-order valence-electron chi connectivity index (χ1n) is 7.20. The average molecular weight is 257 g/mol. The molecule has 0 bridgehead atoms. The van der Waals surface area contributed by atoms with Crippen LogP contribution >= 0.6 is 0 Å². The van der Waals surface area contributed by atoms with Gasteiger partial charge in [0, 0.05) is 35.1 Å². The Morgan fingerprint density at radius 2 is 2.00 bits per heavy atom. The predicted octanol–water partition coefficient (Wildman–Crippen LogP) is 3.28. The predicted molar refractivity (Wildman–Crippen MR) is 81.7 cm³/mol. The van der Waals surface area contributed by atoms with Gasteiger partial charge in [-0.1, -0.05) is 24.6 Å². The highest BCUT2D eigenvalue weighted by molar-refractivity contribution is 5.94. The van der Waals surface area contributed by atoms with Crippen molar-refractivity contribution in [1.82, 2.24) is 10.3 Å². The van der Waals surface area contributed by atoms with Gasteiger partial charge in [0.2, 0.25) is 0 Å². The molecule has 1 aliphatic carbocycles. The Hall–Kier alpha value is -1.48. The van der Waals surface area contributed by atoms with Crippen LogP contribution in [0.25, 0.3) is 10.9 Å². The molecule has 19 heavy (non-hydrogen) atoms. The maximum absolute atomic E-state index is 3.69. The molecular weight excluding hydrogens is 234 g/mol. The van der Waals surface area contributed by atoms with Gasteiger partial charge in [0.05, 0.1) is 5.69 Å². The van der Waals surface area contributed by atoms with Crippen LogP contribution in [0.3, 0.4) is 0 Å². The molecular formula is C16H23N3. The first kappa shape index (κ1) is 12.5. The molecule has 1 aliphatic rings. The minimum Gasteiger partial charge on any atom is -0.382 e. The highest BCUT2D eigenvalue weighted by Gasteiger charge is 2.36. The third-order valence-corrected chi connectivity index (χ3v) is 4.50. The Morgan fingerprint density at radius 1 is 1.21 bits per heavy atom. The highest BCUT2D eigenvalue weighted by Crippen LogP contribution is 2.41. The lowest BCUT2D eigenvalue weighted by Gasteiger charge is -2.42. The van der Waals surface area contributed by atoms with Gasteiger partial charge in [-0.15, -0.1) is 0 Å². The fourth-order valence-electron chi connectivity index (χ4n) is 3.25. The van der Waals surface area contributed by atoms with Gasteiger partial charge in [0.1, 0.15) is 0 Å². The Morgan fingerprint density at radius 3 is 2.68 bits per heavy atom. The summed E-state index contributed by atoms with van der Waals surface area (Å²) >= 11 is 0. The molecule has 0 spiro atoms. The highest BCUT2D eigenvalue weighted by atomic mass is 15.0. The van der Waals surface area contributed by atoms with Crippen molar-refractivity contribution in [2.45, 2.75) is 26.2 Å². The largest absolute Gasteiger partial charge is 0.382 e. The molecule has 1 aromatic heterocycles. The van der Waals surface area contributed by atoms with Crippen molar-refractivity contribution in [2.75, 3.05) is 25.5 Å². The van der Waals surface area contributed by atoms with E-state index >= 15 is 0 Å². The van der Waals surface area contributed by atoms with Gasteiger partial charge in [0.15, 0.2) is 0 Å². The quantitative estimate of drug-likeness (QED) is 0.769. The number of para-hydroxylation sites is 1. The van der Waals surface area contributed by atoms with Crippen LogP contribution in [0, 0.1) is 12.3 Å². The van der Waals surface area contributed by atoms with E-state index in [0.29, 0.717) is 5.41 Å². The van der Waals surface area contributed by atoms with E-state index in [1.165, 1.54) is 41.5 Å². The summed E-state index contributed by atoms with van der Waals surface area (Å²) in [5.74, 6) is 0. The molecule has 0 aliphatic heterocycles. The third-order valence-electron chi connectivity index (χ3n) is 4.50. The number of aromatic nitrogens is 1. The second kappa shape index (κ2) is 4.89. The number of aryl methyl sites for hydroxylation is 1. The maximum Gasteiger partial charge on any atom is 0.0628 e. The number of aromatic amines is 1. The van der Waals surface area contributed by atoms with Gasteiger partial charge < -0.3 is 15.6 Å². The van der Waals surface area contributed by atoms with Gasteiger partial charge in [-0.25, -0.2) is 0 Å². The standard InChI is InChI=1S/C16H23N3/c1-12-15(13-6-3-4-7-14(13)19-12)18-11-16(10-17-2)8-5-9-16/h3-4,6-7,17-19H,5,8-11H2,1-2H3. The lowest BCUT2D eigenvalue weighted by atomic mass is 9.68. The summed E-state index contributed by atoms with van der Waals surface area (Å²) in [6.07, 6.45) is 4.04. The van der Waals surface area contributed by atoms with Crippen molar-refractivity contribution in [3.05, 3.63) is 30.0 Å². The van der Waals surface area contributed by atoms with Crippen molar-refractivity contribution in [3.63, 3.8) is 0 Å². The molecule has 102 valence electrons. The number of fused-ring (bicyclic) bond motifs is 1. The number of H-pyrrole nitrogens is 1. The molecule has 1 fully saturated rings. The summed E-state index contributed by atoms with van der Waals surface area (Å²) in [4.78, 5) is 3.45. The lowest BCUT2D eigenvalue weighted by Crippen LogP contribution is -2.44. The van der Waals surface area contributed by atoms with Crippen LogP contribution in [-0.2, 0) is 0 Å². The molecule has 1 heterocycles. The van der Waals surface area contributed by atoms with Crippen molar-refractivity contribution >= 4 is 16.6 Å². The zero-order valence-corrected chi connectivity index (χ0v) is 11.8. The summed E-state index contributed by atoms with van der Waals surface area (Å²) in [7, 11) is 2.05.